The van der Waals surface area contributed by atoms with E-state index in [4.69, 9.17) is 0 Å². The van der Waals surface area contributed by atoms with Crippen LogP contribution in [0.2, 0.25) is 0 Å². The first-order valence-corrected chi connectivity index (χ1v) is 11.1. The number of hydrogen-bond acceptors (Lipinski definition) is 3. The van der Waals surface area contributed by atoms with E-state index in [-0.39, 0.29) is 22.9 Å². The summed E-state index contributed by atoms with van der Waals surface area (Å²) in [4.78, 5) is 12.6. The molecule has 1 aromatic rings. The maximum absolute atomic E-state index is 12.8. The van der Waals surface area contributed by atoms with Crippen LogP contribution < -0.4 is 5.32 Å². The van der Waals surface area contributed by atoms with Gasteiger partial charge in [0, 0.05) is 24.2 Å². The number of carbonyl (C=O) groups excluding carboxylic acids is 1. The molecule has 0 aliphatic carbocycles. The Morgan fingerprint density at radius 2 is 1.81 bits per heavy atom. The average molecular weight is 381 g/mol. The van der Waals surface area contributed by atoms with Crippen molar-refractivity contribution < 1.29 is 13.2 Å². The zero-order chi connectivity index (χ0) is 19.3. The van der Waals surface area contributed by atoms with Crippen LogP contribution in [0.4, 0.5) is 0 Å². The predicted octanol–water partition coefficient (Wildman–Crippen LogP) is 3.80. The van der Waals surface area contributed by atoms with Crippen molar-refractivity contribution in [1.82, 2.24) is 9.62 Å². The van der Waals surface area contributed by atoms with E-state index in [1.54, 1.807) is 28.6 Å². The van der Waals surface area contributed by atoms with E-state index in [0.29, 0.717) is 18.0 Å². The van der Waals surface area contributed by atoms with E-state index < -0.39 is 10.0 Å². The highest BCUT2D eigenvalue weighted by Crippen LogP contribution is 2.25. The second-order valence-corrected chi connectivity index (χ2v) is 9.72. The Bertz CT molecular complexity index is 698. The fourth-order valence-corrected chi connectivity index (χ4v) is 5.00. The predicted molar refractivity (Wildman–Crippen MR) is 105 cm³/mol. The van der Waals surface area contributed by atoms with Crippen molar-refractivity contribution >= 4 is 15.9 Å². The van der Waals surface area contributed by atoms with Crippen LogP contribution in [0.25, 0.3) is 0 Å². The lowest BCUT2D eigenvalue weighted by molar-refractivity contribution is 0.0937. The molecule has 1 aromatic carbocycles. The van der Waals surface area contributed by atoms with E-state index in [1.807, 2.05) is 13.8 Å². The molecule has 0 bridgehead atoms. The third kappa shape index (κ3) is 5.30. The van der Waals surface area contributed by atoms with Gasteiger partial charge in [-0.1, -0.05) is 20.3 Å². The lowest BCUT2D eigenvalue weighted by atomic mass is 10.0. The van der Waals surface area contributed by atoms with Crippen molar-refractivity contribution in [2.24, 2.45) is 5.92 Å². The molecule has 26 heavy (non-hydrogen) atoms. The van der Waals surface area contributed by atoms with Gasteiger partial charge < -0.3 is 5.32 Å². The number of hydrogen-bond donors (Lipinski definition) is 1. The molecule has 5 nitrogen and oxygen atoms in total. The molecular formula is C20H32N2O3S. The Kier molecular flexibility index (Phi) is 7.24. The monoisotopic (exact) mass is 380 g/mol. The number of nitrogens with one attached hydrogen (secondary N) is 1. The Labute approximate surface area is 158 Å². The summed E-state index contributed by atoms with van der Waals surface area (Å²) in [6.07, 6.45) is 4.86. The van der Waals surface area contributed by atoms with Gasteiger partial charge in [0.15, 0.2) is 0 Å². The minimum atomic E-state index is -3.49. The lowest BCUT2D eigenvalue weighted by Crippen LogP contribution is -2.41. The minimum absolute atomic E-state index is 0.0264. The number of piperidine rings is 1. The smallest absolute Gasteiger partial charge is 0.251 e. The molecule has 2 rings (SSSR count). The highest BCUT2D eigenvalue weighted by atomic mass is 32.2. The summed E-state index contributed by atoms with van der Waals surface area (Å²) in [6.45, 7) is 8.85. The van der Waals surface area contributed by atoms with Crippen LogP contribution in [0, 0.1) is 5.92 Å². The third-order valence-electron chi connectivity index (χ3n) is 5.02. The SMILES string of the molecule is CC(C)CCC(C)NC(=O)c1ccc(S(=O)(=O)N2CCCCC2C)cc1. The molecule has 146 valence electrons. The van der Waals surface area contributed by atoms with Crippen LogP contribution >= 0.6 is 0 Å². The molecule has 0 radical (unpaired) electrons. The number of nitrogens with zero attached hydrogens (tertiary/aromatic N) is 1. The average Bonchev–Trinajstić information content (AvgIpc) is 2.60. The highest BCUT2D eigenvalue weighted by Gasteiger charge is 2.30. The Hall–Kier alpha value is -1.40. The molecule has 1 fully saturated rings. The summed E-state index contributed by atoms with van der Waals surface area (Å²) in [5, 5.41) is 2.98. The molecular weight excluding hydrogens is 348 g/mol. The van der Waals surface area contributed by atoms with Gasteiger partial charge in [0.05, 0.1) is 4.90 Å². The number of sulfonamides is 1. The largest absolute Gasteiger partial charge is 0.350 e. The molecule has 0 spiro atoms. The van der Waals surface area contributed by atoms with Gasteiger partial charge in [0.2, 0.25) is 10.0 Å². The van der Waals surface area contributed by atoms with Crippen LogP contribution in [0.1, 0.15) is 70.2 Å². The van der Waals surface area contributed by atoms with Gasteiger partial charge in [-0.2, -0.15) is 4.31 Å². The van der Waals surface area contributed by atoms with Crippen LogP contribution in [0.15, 0.2) is 29.2 Å². The van der Waals surface area contributed by atoms with Gasteiger partial charge in [-0.05, 0) is 69.7 Å². The van der Waals surface area contributed by atoms with Gasteiger partial charge in [-0.15, -0.1) is 0 Å². The lowest BCUT2D eigenvalue weighted by Gasteiger charge is -2.32. The van der Waals surface area contributed by atoms with E-state index >= 15 is 0 Å². The third-order valence-corrected chi connectivity index (χ3v) is 7.05. The fourth-order valence-electron chi connectivity index (χ4n) is 3.31. The van der Waals surface area contributed by atoms with Gasteiger partial charge in [0.25, 0.3) is 5.91 Å². The highest BCUT2D eigenvalue weighted by molar-refractivity contribution is 7.89. The van der Waals surface area contributed by atoms with Gasteiger partial charge in [0.1, 0.15) is 0 Å². The van der Waals surface area contributed by atoms with Gasteiger partial charge in [-0.25, -0.2) is 8.42 Å². The van der Waals surface area contributed by atoms with Crippen molar-refractivity contribution in [3.05, 3.63) is 29.8 Å². The van der Waals surface area contributed by atoms with Crippen molar-refractivity contribution in [1.29, 1.82) is 0 Å². The molecule has 1 saturated heterocycles. The molecule has 1 aliphatic heterocycles. The van der Waals surface area contributed by atoms with Crippen LogP contribution in [0.5, 0.6) is 0 Å². The van der Waals surface area contributed by atoms with E-state index in [1.165, 1.54) is 0 Å². The number of benzene rings is 1. The minimum Gasteiger partial charge on any atom is -0.350 e. The Balaban J connectivity index is 2.04. The molecule has 1 aliphatic rings. The number of carbonyl (C=O) groups is 1. The molecule has 1 heterocycles. The molecule has 2 atom stereocenters. The molecule has 0 saturated carbocycles. The second kappa shape index (κ2) is 9.00. The Morgan fingerprint density at radius 1 is 1.15 bits per heavy atom. The summed E-state index contributed by atoms with van der Waals surface area (Å²) in [5.41, 5.74) is 0.493. The summed E-state index contributed by atoms with van der Waals surface area (Å²) in [6, 6.07) is 6.42. The zero-order valence-electron chi connectivity index (χ0n) is 16.4. The molecule has 2 unspecified atom stereocenters. The maximum atomic E-state index is 12.8. The quantitative estimate of drug-likeness (QED) is 0.782. The summed E-state index contributed by atoms with van der Waals surface area (Å²) >= 11 is 0. The van der Waals surface area contributed by atoms with Crippen LogP contribution in [-0.2, 0) is 10.0 Å². The normalized spacial score (nSPS) is 20.1. The number of rotatable bonds is 7. The summed E-state index contributed by atoms with van der Waals surface area (Å²) in [5.74, 6) is 0.451. The Morgan fingerprint density at radius 3 is 2.38 bits per heavy atom. The molecule has 1 N–H and O–H groups in total. The van der Waals surface area contributed by atoms with Gasteiger partial charge in [-0.3, -0.25) is 4.79 Å². The summed E-state index contributed by atoms with van der Waals surface area (Å²) < 4.78 is 27.2. The standard InChI is InChI=1S/C20H32N2O3S/c1-15(2)8-9-16(3)21-20(23)18-10-12-19(13-11-18)26(24,25)22-14-6-5-7-17(22)4/h10-13,15-17H,5-9,14H2,1-4H3,(H,21,23). The van der Waals surface area contributed by atoms with Crippen molar-refractivity contribution in [3.8, 4) is 0 Å². The summed E-state index contributed by atoms with van der Waals surface area (Å²) in [7, 11) is -3.49. The first-order chi connectivity index (χ1) is 12.2. The second-order valence-electron chi connectivity index (χ2n) is 7.83. The van der Waals surface area contributed by atoms with Crippen LogP contribution in [0.3, 0.4) is 0 Å². The van der Waals surface area contributed by atoms with E-state index in [2.05, 4.69) is 19.2 Å². The first-order valence-electron chi connectivity index (χ1n) is 9.64. The maximum Gasteiger partial charge on any atom is 0.251 e. The topological polar surface area (TPSA) is 66.5 Å². The molecule has 6 heteroatoms. The van der Waals surface area contributed by atoms with Gasteiger partial charge >= 0.3 is 0 Å². The zero-order valence-corrected chi connectivity index (χ0v) is 17.2. The van der Waals surface area contributed by atoms with Crippen molar-refractivity contribution in [2.45, 2.75) is 76.8 Å². The molecule has 1 amide bonds. The van der Waals surface area contributed by atoms with Crippen LogP contribution in [-0.4, -0.2) is 37.3 Å². The van der Waals surface area contributed by atoms with Crippen molar-refractivity contribution in [2.75, 3.05) is 6.54 Å². The van der Waals surface area contributed by atoms with Crippen molar-refractivity contribution in [3.63, 3.8) is 0 Å². The molecule has 0 aromatic heterocycles. The van der Waals surface area contributed by atoms with E-state index in [0.717, 1.165) is 32.1 Å². The fraction of sp³-hybridized carbons (Fsp3) is 0.650. The first kappa shape index (κ1) is 20.9. The number of amides is 1. The van der Waals surface area contributed by atoms with E-state index in [9.17, 15) is 13.2 Å².